The standard InChI is InChI=1S/C13H23N4O3.CH4.B.Y/c1-10(7-14-2)11(6-12(19)16-4-5-18)8-17-13(20)9-15-3;;;/h11,14-15H,1,4,6-9H2,2-3H3,(H,16,19)(H,17,20);1H4;;/q-1;;;. The molecule has 2 amide bonds. The minimum absolute atomic E-state index is 0. The second-order valence-corrected chi connectivity index (χ2v) is 4.35. The number of nitrogens with one attached hydrogen (secondary N) is 4. The SMILES string of the molecule is C.C=C(CNC)C(CNC(=O)CNC)CC(=O)NC[C-]=O.[B].[Y]. The summed E-state index contributed by atoms with van der Waals surface area (Å²) >= 11 is 0. The summed E-state index contributed by atoms with van der Waals surface area (Å²) in [6, 6.07) is 0. The minimum Gasteiger partial charge on any atom is -0.540 e. The first-order chi connectivity index (χ1) is 9.54. The van der Waals surface area contributed by atoms with Crippen LogP contribution in [-0.2, 0) is 47.1 Å². The summed E-state index contributed by atoms with van der Waals surface area (Å²) in [5.74, 6) is -0.593. The molecule has 1 unspecified atom stereocenters. The van der Waals surface area contributed by atoms with Crippen LogP contribution >= 0.6 is 0 Å². The van der Waals surface area contributed by atoms with Crippen molar-refractivity contribution in [2.45, 2.75) is 13.8 Å². The third-order valence-corrected chi connectivity index (χ3v) is 2.65. The zero-order valence-electron chi connectivity index (χ0n) is 13.2. The zero-order valence-corrected chi connectivity index (χ0v) is 16.0. The van der Waals surface area contributed by atoms with Gasteiger partial charge in [-0.05, 0) is 14.1 Å². The molecule has 0 aliphatic heterocycles. The summed E-state index contributed by atoms with van der Waals surface area (Å²) in [4.78, 5) is 33.1. The van der Waals surface area contributed by atoms with E-state index in [1.54, 1.807) is 20.4 Å². The molecule has 1 atom stereocenters. The molecule has 0 aliphatic rings. The van der Waals surface area contributed by atoms with E-state index >= 15 is 0 Å². The molecule has 0 bridgehead atoms. The van der Waals surface area contributed by atoms with Gasteiger partial charge in [0.05, 0.1) is 6.54 Å². The second kappa shape index (κ2) is 19.5. The Labute approximate surface area is 166 Å². The van der Waals surface area contributed by atoms with Crippen LogP contribution in [-0.4, -0.2) is 66.8 Å². The number of hydrogen-bond acceptors (Lipinski definition) is 5. The topological polar surface area (TPSA) is 99.3 Å². The number of carbonyl (C=O) groups excluding carboxylic acids is 3. The molecule has 0 heterocycles. The first kappa shape index (κ1) is 30.3. The third-order valence-electron chi connectivity index (χ3n) is 2.65. The van der Waals surface area contributed by atoms with Crippen LogP contribution in [0.2, 0.25) is 0 Å². The van der Waals surface area contributed by atoms with E-state index in [1.165, 1.54) is 0 Å². The molecular formula is C14H27BN4O3Y-. The van der Waals surface area contributed by atoms with E-state index in [2.05, 4.69) is 27.8 Å². The molecule has 0 saturated carbocycles. The van der Waals surface area contributed by atoms with Gasteiger partial charge in [-0.3, -0.25) is 9.59 Å². The molecule has 7 nitrogen and oxygen atoms in total. The molecule has 9 heteroatoms. The van der Waals surface area contributed by atoms with Gasteiger partial charge in [-0.1, -0.05) is 26.1 Å². The van der Waals surface area contributed by atoms with E-state index in [9.17, 15) is 14.4 Å². The van der Waals surface area contributed by atoms with Crippen molar-refractivity contribution in [2.24, 2.45) is 5.92 Å². The van der Waals surface area contributed by atoms with Crippen molar-refractivity contribution in [1.82, 2.24) is 21.3 Å². The maximum absolute atomic E-state index is 11.6. The van der Waals surface area contributed by atoms with Crippen molar-refractivity contribution >= 4 is 26.5 Å². The van der Waals surface area contributed by atoms with Gasteiger partial charge in [0, 0.05) is 66.6 Å². The first-order valence-electron chi connectivity index (χ1n) is 6.40. The Kier molecular flexibility index (Phi) is 25.7. The van der Waals surface area contributed by atoms with Crippen molar-refractivity contribution in [3.8, 4) is 0 Å². The van der Waals surface area contributed by atoms with E-state index in [4.69, 9.17) is 0 Å². The number of amides is 2. The van der Waals surface area contributed by atoms with Crippen molar-refractivity contribution in [3.63, 3.8) is 0 Å². The van der Waals surface area contributed by atoms with Crippen molar-refractivity contribution in [3.05, 3.63) is 12.2 Å². The summed E-state index contributed by atoms with van der Waals surface area (Å²) < 4.78 is 0. The monoisotopic (exact) mass is 399 g/mol. The smallest absolute Gasteiger partial charge is 0.233 e. The first-order valence-corrected chi connectivity index (χ1v) is 6.40. The van der Waals surface area contributed by atoms with Crippen LogP contribution < -0.4 is 21.3 Å². The average Bonchev–Trinajstić information content (AvgIpc) is 2.41. The molecule has 0 aromatic rings. The summed E-state index contributed by atoms with van der Waals surface area (Å²) in [6.45, 7) is 4.89. The fourth-order valence-corrected chi connectivity index (χ4v) is 1.62. The third kappa shape index (κ3) is 16.1. The summed E-state index contributed by atoms with van der Waals surface area (Å²) in [5, 5.41) is 10.9. The summed E-state index contributed by atoms with van der Waals surface area (Å²) in [6.07, 6.45) is 1.77. The predicted molar refractivity (Wildman–Crippen MR) is 89.3 cm³/mol. The van der Waals surface area contributed by atoms with Gasteiger partial charge in [0.15, 0.2) is 0 Å². The fraction of sp³-hybridized carbons (Fsp3) is 0.643. The van der Waals surface area contributed by atoms with E-state index in [0.29, 0.717) is 13.1 Å². The van der Waals surface area contributed by atoms with Gasteiger partial charge in [0.25, 0.3) is 0 Å². The maximum atomic E-state index is 11.6. The fourth-order valence-electron chi connectivity index (χ4n) is 1.62. The van der Waals surface area contributed by atoms with Crippen LogP contribution in [0.3, 0.4) is 0 Å². The van der Waals surface area contributed by atoms with E-state index in [-0.39, 0.29) is 85.8 Å². The quantitative estimate of drug-likeness (QED) is 0.194. The summed E-state index contributed by atoms with van der Waals surface area (Å²) in [5.41, 5.74) is 0.822. The number of rotatable bonds is 11. The number of likely N-dealkylation sites (N-methyl/N-ethyl adjacent to an activating group) is 2. The second-order valence-electron chi connectivity index (χ2n) is 4.35. The van der Waals surface area contributed by atoms with Crippen LogP contribution in [0.25, 0.3) is 0 Å². The molecule has 0 rings (SSSR count). The number of carbonyl (C=O) groups is 2. The number of hydrogen-bond donors (Lipinski definition) is 4. The van der Waals surface area contributed by atoms with Crippen molar-refractivity contribution < 1.29 is 47.1 Å². The van der Waals surface area contributed by atoms with Crippen molar-refractivity contribution in [1.29, 1.82) is 0 Å². The van der Waals surface area contributed by atoms with Gasteiger partial charge in [0.2, 0.25) is 11.8 Å². The Morgan fingerprint density at radius 3 is 2.13 bits per heavy atom. The van der Waals surface area contributed by atoms with E-state index in [1.807, 2.05) is 0 Å². The van der Waals surface area contributed by atoms with E-state index < -0.39 is 0 Å². The maximum Gasteiger partial charge on any atom is 0.233 e. The van der Waals surface area contributed by atoms with Crippen molar-refractivity contribution in [2.75, 3.05) is 40.3 Å². The zero-order chi connectivity index (χ0) is 15.4. The Balaban J connectivity index is -0.000000602. The van der Waals surface area contributed by atoms with Gasteiger partial charge in [-0.2, -0.15) is 0 Å². The molecule has 0 spiro atoms. The van der Waals surface area contributed by atoms with Gasteiger partial charge in [0.1, 0.15) is 0 Å². The largest absolute Gasteiger partial charge is 0.540 e. The molecular weight excluding hydrogens is 372 g/mol. The molecule has 0 fully saturated rings. The molecule has 23 heavy (non-hydrogen) atoms. The molecule has 0 saturated heterocycles. The Morgan fingerprint density at radius 2 is 1.65 bits per heavy atom. The van der Waals surface area contributed by atoms with E-state index in [0.717, 1.165) is 5.57 Å². The van der Waals surface area contributed by atoms with Gasteiger partial charge >= 0.3 is 0 Å². The van der Waals surface area contributed by atoms with Crippen LogP contribution in [0.15, 0.2) is 12.2 Å². The molecule has 4 N–H and O–H groups in total. The molecule has 0 aromatic carbocycles. The Bertz CT molecular complexity index is 357. The van der Waals surface area contributed by atoms with Crippen LogP contribution in [0.4, 0.5) is 0 Å². The van der Waals surface area contributed by atoms with Crippen LogP contribution in [0, 0.1) is 5.92 Å². The summed E-state index contributed by atoms with van der Waals surface area (Å²) in [7, 11) is 3.46. The molecule has 0 aromatic heterocycles. The molecule has 128 valence electrons. The Morgan fingerprint density at radius 1 is 1.09 bits per heavy atom. The normalized spacial score (nSPS) is 10.0. The Hall–Kier alpha value is -0.561. The van der Waals surface area contributed by atoms with Gasteiger partial charge in [-0.25, -0.2) is 6.29 Å². The van der Waals surface area contributed by atoms with Crippen LogP contribution in [0.1, 0.15) is 13.8 Å². The van der Waals surface area contributed by atoms with Crippen LogP contribution in [0.5, 0.6) is 0 Å². The predicted octanol–water partition coefficient (Wildman–Crippen LogP) is -1.42. The minimum atomic E-state index is -0.265. The van der Waals surface area contributed by atoms with Gasteiger partial charge in [-0.15, -0.1) is 0 Å². The average molecular weight is 399 g/mol. The molecule has 0 aliphatic carbocycles. The van der Waals surface area contributed by atoms with Gasteiger partial charge < -0.3 is 26.1 Å². The molecule has 4 radical (unpaired) electrons.